The first-order valence-corrected chi connectivity index (χ1v) is 7.61. The smallest absolute Gasteiger partial charge is 0.0387 e. The number of rotatable bonds is 6. The normalized spacial score (nSPS) is 13.9. The van der Waals surface area contributed by atoms with Crippen LogP contribution < -0.4 is 5.32 Å². The molecule has 0 saturated carbocycles. The van der Waals surface area contributed by atoms with Crippen molar-refractivity contribution >= 4 is 0 Å². The minimum Gasteiger partial charge on any atom is -0.312 e. The zero-order valence-electron chi connectivity index (χ0n) is 12.8. The highest BCUT2D eigenvalue weighted by atomic mass is 14.9. The second-order valence-electron chi connectivity index (χ2n) is 5.29. The van der Waals surface area contributed by atoms with E-state index in [2.05, 4.69) is 80.8 Å². The molecular weight excluding hydrogens is 242 g/mol. The summed E-state index contributed by atoms with van der Waals surface area (Å²) in [5, 5.41) is 3.52. The molecule has 2 aromatic carbocycles. The maximum Gasteiger partial charge on any atom is 0.0387 e. The summed E-state index contributed by atoms with van der Waals surface area (Å²) in [6.45, 7) is 4.48. The lowest BCUT2D eigenvalue weighted by Crippen LogP contribution is -2.23. The van der Waals surface area contributed by atoms with Crippen molar-refractivity contribution < 1.29 is 0 Å². The fraction of sp³-hybridized carbons (Fsp3) is 0.368. The first-order valence-electron chi connectivity index (χ1n) is 7.61. The van der Waals surface area contributed by atoms with Gasteiger partial charge in [0.15, 0.2) is 0 Å². The van der Waals surface area contributed by atoms with Gasteiger partial charge in [0.2, 0.25) is 0 Å². The molecule has 0 aliphatic heterocycles. The van der Waals surface area contributed by atoms with E-state index in [1.165, 1.54) is 16.7 Å². The molecule has 2 atom stereocenters. The Balaban J connectivity index is 2.34. The SMILES string of the molecule is CCc1cccc(C(NC)C(CC)c2ccccc2)c1. The van der Waals surface area contributed by atoms with Crippen LogP contribution in [0.5, 0.6) is 0 Å². The van der Waals surface area contributed by atoms with Crippen molar-refractivity contribution in [2.24, 2.45) is 0 Å². The fourth-order valence-electron chi connectivity index (χ4n) is 2.97. The highest BCUT2D eigenvalue weighted by Gasteiger charge is 2.21. The van der Waals surface area contributed by atoms with Gasteiger partial charge in [-0.25, -0.2) is 0 Å². The summed E-state index contributed by atoms with van der Waals surface area (Å²) in [6, 6.07) is 20.2. The Morgan fingerprint density at radius 2 is 1.60 bits per heavy atom. The predicted molar refractivity (Wildman–Crippen MR) is 87.1 cm³/mol. The largest absolute Gasteiger partial charge is 0.312 e. The molecule has 0 heterocycles. The van der Waals surface area contributed by atoms with Crippen LogP contribution in [0, 0.1) is 0 Å². The van der Waals surface area contributed by atoms with Gasteiger partial charge < -0.3 is 5.32 Å². The maximum absolute atomic E-state index is 3.52. The number of hydrogen-bond donors (Lipinski definition) is 1. The third-order valence-corrected chi connectivity index (χ3v) is 4.10. The molecule has 20 heavy (non-hydrogen) atoms. The van der Waals surface area contributed by atoms with Crippen LogP contribution in [-0.2, 0) is 6.42 Å². The summed E-state index contributed by atoms with van der Waals surface area (Å²) >= 11 is 0. The van der Waals surface area contributed by atoms with E-state index >= 15 is 0 Å². The van der Waals surface area contributed by atoms with E-state index in [1.54, 1.807) is 0 Å². The number of hydrogen-bond acceptors (Lipinski definition) is 1. The van der Waals surface area contributed by atoms with Crippen molar-refractivity contribution in [1.29, 1.82) is 0 Å². The second-order valence-corrected chi connectivity index (χ2v) is 5.29. The summed E-state index contributed by atoms with van der Waals surface area (Å²) < 4.78 is 0. The average molecular weight is 267 g/mol. The molecular formula is C19H25N. The molecule has 0 aliphatic carbocycles. The first-order chi connectivity index (χ1) is 9.80. The van der Waals surface area contributed by atoms with Crippen LogP contribution >= 0.6 is 0 Å². The van der Waals surface area contributed by atoms with Gasteiger partial charge >= 0.3 is 0 Å². The molecule has 0 amide bonds. The number of nitrogens with one attached hydrogen (secondary N) is 1. The minimum atomic E-state index is 0.369. The van der Waals surface area contributed by atoms with Crippen LogP contribution in [0.4, 0.5) is 0 Å². The molecule has 2 rings (SSSR count). The van der Waals surface area contributed by atoms with E-state index in [-0.39, 0.29) is 0 Å². The van der Waals surface area contributed by atoms with Gasteiger partial charge in [0, 0.05) is 12.0 Å². The molecule has 2 aromatic rings. The van der Waals surface area contributed by atoms with Gasteiger partial charge in [-0.15, -0.1) is 0 Å². The summed E-state index contributed by atoms with van der Waals surface area (Å²) in [6.07, 6.45) is 2.22. The van der Waals surface area contributed by atoms with Crippen LogP contribution in [-0.4, -0.2) is 7.05 Å². The third-order valence-electron chi connectivity index (χ3n) is 4.10. The lowest BCUT2D eigenvalue weighted by atomic mass is 9.84. The van der Waals surface area contributed by atoms with Gasteiger partial charge in [-0.1, -0.05) is 68.4 Å². The lowest BCUT2D eigenvalue weighted by Gasteiger charge is -2.27. The van der Waals surface area contributed by atoms with Gasteiger partial charge in [-0.05, 0) is 36.6 Å². The molecule has 0 radical (unpaired) electrons. The van der Waals surface area contributed by atoms with Crippen molar-refractivity contribution in [2.75, 3.05) is 7.05 Å². The second kappa shape index (κ2) is 7.25. The van der Waals surface area contributed by atoms with Crippen molar-refractivity contribution in [3.63, 3.8) is 0 Å². The van der Waals surface area contributed by atoms with Crippen LogP contribution in [0.3, 0.4) is 0 Å². The number of likely N-dealkylation sites (N-methyl/N-ethyl adjacent to an activating group) is 1. The topological polar surface area (TPSA) is 12.0 Å². The Labute approximate surface area is 123 Å². The molecule has 106 valence electrons. The van der Waals surface area contributed by atoms with Gasteiger partial charge in [-0.2, -0.15) is 0 Å². The summed E-state index contributed by atoms with van der Waals surface area (Å²) in [4.78, 5) is 0. The molecule has 2 unspecified atom stereocenters. The van der Waals surface area contributed by atoms with Crippen molar-refractivity contribution in [2.45, 2.75) is 38.6 Å². The molecule has 1 heteroatoms. The zero-order chi connectivity index (χ0) is 14.4. The van der Waals surface area contributed by atoms with Crippen LogP contribution in [0.2, 0.25) is 0 Å². The fourth-order valence-corrected chi connectivity index (χ4v) is 2.97. The van der Waals surface area contributed by atoms with E-state index in [0.29, 0.717) is 12.0 Å². The highest BCUT2D eigenvalue weighted by molar-refractivity contribution is 5.31. The number of aryl methyl sites for hydroxylation is 1. The standard InChI is InChI=1S/C19H25N/c1-4-15-10-9-13-17(14-15)19(20-3)18(5-2)16-11-7-6-8-12-16/h6-14,18-20H,4-5H2,1-3H3. The van der Waals surface area contributed by atoms with Crippen LogP contribution in [0.25, 0.3) is 0 Å². The molecule has 0 spiro atoms. The van der Waals surface area contributed by atoms with E-state index < -0.39 is 0 Å². The monoisotopic (exact) mass is 267 g/mol. The predicted octanol–water partition coefficient (Wildman–Crippen LogP) is 4.70. The zero-order valence-corrected chi connectivity index (χ0v) is 12.8. The van der Waals surface area contributed by atoms with E-state index in [4.69, 9.17) is 0 Å². The molecule has 0 bridgehead atoms. The van der Waals surface area contributed by atoms with Gasteiger partial charge in [-0.3, -0.25) is 0 Å². The third kappa shape index (κ3) is 3.29. The first kappa shape index (κ1) is 14.8. The molecule has 0 saturated heterocycles. The van der Waals surface area contributed by atoms with Gasteiger partial charge in [0.1, 0.15) is 0 Å². The lowest BCUT2D eigenvalue weighted by molar-refractivity contribution is 0.468. The molecule has 1 nitrogen and oxygen atoms in total. The van der Waals surface area contributed by atoms with Crippen LogP contribution in [0.15, 0.2) is 54.6 Å². The summed E-state index contributed by atoms with van der Waals surface area (Å²) in [7, 11) is 2.06. The number of benzene rings is 2. The molecule has 0 aromatic heterocycles. The quantitative estimate of drug-likeness (QED) is 0.799. The minimum absolute atomic E-state index is 0.369. The average Bonchev–Trinajstić information content (AvgIpc) is 2.53. The van der Waals surface area contributed by atoms with Gasteiger partial charge in [0.05, 0.1) is 0 Å². The van der Waals surface area contributed by atoms with Crippen LogP contribution in [0.1, 0.15) is 48.9 Å². The van der Waals surface area contributed by atoms with E-state index in [9.17, 15) is 0 Å². The van der Waals surface area contributed by atoms with Crippen molar-refractivity contribution in [3.05, 3.63) is 71.3 Å². The summed E-state index contributed by atoms with van der Waals surface area (Å²) in [5.41, 5.74) is 4.21. The Morgan fingerprint density at radius 3 is 2.20 bits per heavy atom. The molecule has 0 fully saturated rings. The molecule has 0 aliphatic rings. The van der Waals surface area contributed by atoms with Crippen molar-refractivity contribution in [1.82, 2.24) is 5.32 Å². The summed E-state index contributed by atoms with van der Waals surface area (Å²) in [5.74, 6) is 0.508. The van der Waals surface area contributed by atoms with E-state index in [0.717, 1.165) is 12.8 Å². The Bertz CT molecular complexity index is 518. The Morgan fingerprint density at radius 1 is 0.900 bits per heavy atom. The highest BCUT2D eigenvalue weighted by Crippen LogP contribution is 2.33. The Hall–Kier alpha value is -1.60. The van der Waals surface area contributed by atoms with E-state index in [1.807, 2.05) is 0 Å². The molecule has 1 N–H and O–H groups in total. The van der Waals surface area contributed by atoms with Gasteiger partial charge in [0.25, 0.3) is 0 Å². The van der Waals surface area contributed by atoms with Crippen molar-refractivity contribution in [3.8, 4) is 0 Å². The Kier molecular flexibility index (Phi) is 5.37. The maximum atomic E-state index is 3.52.